The minimum Gasteiger partial charge on any atom is -0.497 e. The maximum absolute atomic E-state index is 15.3. The normalized spacial score (nSPS) is 20.1. The number of fused-ring (bicyclic) bond motifs is 1. The van der Waals surface area contributed by atoms with Gasteiger partial charge in [-0.05, 0) is 67.5 Å². The average Bonchev–Trinajstić information content (AvgIpc) is 2.87. The first-order chi connectivity index (χ1) is 16.2. The molecule has 2 aromatic heterocycles. The molecule has 0 amide bonds. The highest BCUT2D eigenvalue weighted by Gasteiger charge is 2.29. The SMILES string of the molecule is COc1ccc2nccc([C@H](F)CC[C@@H]3CCN(CCSc4cnccn4)C[C@@H]3CO)c2c1. The van der Waals surface area contributed by atoms with Crippen LogP contribution in [-0.4, -0.2) is 64.1 Å². The molecule has 0 radical (unpaired) electrons. The van der Waals surface area contributed by atoms with E-state index in [9.17, 15) is 5.11 Å². The Morgan fingerprint density at radius 2 is 2.12 bits per heavy atom. The summed E-state index contributed by atoms with van der Waals surface area (Å²) >= 11 is 1.70. The van der Waals surface area contributed by atoms with Crippen molar-refractivity contribution in [2.24, 2.45) is 11.8 Å². The molecule has 0 spiro atoms. The van der Waals surface area contributed by atoms with E-state index in [1.165, 1.54) is 0 Å². The van der Waals surface area contributed by atoms with E-state index in [0.29, 0.717) is 23.7 Å². The number of methoxy groups -OCH3 is 1. The summed E-state index contributed by atoms with van der Waals surface area (Å²) in [6.07, 6.45) is 7.97. The number of halogens is 1. The number of hydrogen-bond acceptors (Lipinski definition) is 7. The molecule has 0 aliphatic carbocycles. The Morgan fingerprint density at radius 3 is 2.91 bits per heavy atom. The third-order valence-corrected chi connectivity index (χ3v) is 7.41. The number of hydrogen-bond donors (Lipinski definition) is 1. The van der Waals surface area contributed by atoms with Crippen molar-refractivity contribution in [1.29, 1.82) is 0 Å². The predicted molar refractivity (Wildman–Crippen MR) is 129 cm³/mol. The third-order valence-electron chi connectivity index (χ3n) is 6.52. The van der Waals surface area contributed by atoms with Gasteiger partial charge >= 0.3 is 0 Å². The minimum atomic E-state index is -1.07. The zero-order chi connectivity index (χ0) is 23.0. The van der Waals surface area contributed by atoms with Crippen molar-refractivity contribution < 1.29 is 14.2 Å². The molecule has 0 bridgehead atoms. The van der Waals surface area contributed by atoms with E-state index >= 15 is 4.39 Å². The molecule has 6 nitrogen and oxygen atoms in total. The topological polar surface area (TPSA) is 71.4 Å². The van der Waals surface area contributed by atoms with Crippen molar-refractivity contribution in [3.05, 3.63) is 54.6 Å². The lowest BCUT2D eigenvalue weighted by molar-refractivity contribution is 0.0672. The highest BCUT2D eigenvalue weighted by molar-refractivity contribution is 7.99. The van der Waals surface area contributed by atoms with Gasteiger partial charge in [-0.15, -0.1) is 11.8 Å². The summed E-state index contributed by atoms with van der Waals surface area (Å²) in [6.45, 7) is 2.93. The lowest BCUT2D eigenvalue weighted by Crippen LogP contribution is -2.43. The van der Waals surface area contributed by atoms with Crippen LogP contribution in [0.5, 0.6) is 5.75 Å². The van der Waals surface area contributed by atoms with Crippen LogP contribution >= 0.6 is 11.8 Å². The Hall–Kier alpha value is -2.29. The lowest BCUT2D eigenvalue weighted by atomic mass is 9.81. The van der Waals surface area contributed by atoms with Crippen molar-refractivity contribution in [1.82, 2.24) is 19.9 Å². The molecule has 1 aromatic carbocycles. The molecule has 3 aromatic rings. The van der Waals surface area contributed by atoms with Crippen LogP contribution in [0.25, 0.3) is 10.9 Å². The van der Waals surface area contributed by atoms with E-state index in [4.69, 9.17) is 4.74 Å². The Bertz CT molecular complexity index is 1030. The second kappa shape index (κ2) is 11.7. The number of nitrogens with zero attached hydrogens (tertiary/aromatic N) is 4. The maximum Gasteiger partial charge on any atom is 0.126 e. The first-order valence-electron chi connectivity index (χ1n) is 11.5. The molecule has 0 saturated carbocycles. The fraction of sp³-hybridized carbons (Fsp3) is 0.480. The number of aliphatic hydroxyl groups is 1. The monoisotopic (exact) mass is 470 g/mol. The summed E-state index contributed by atoms with van der Waals surface area (Å²) in [5.41, 5.74) is 1.44. The van der Waals surface area contributed by atoms with Gasteiger partial charge < -0.3 is 14.7 Å². The minimum absolute atomic E-state index is 0.144. The Kier molecular flexibility index (Phi) is 8.47. The van der Waals surface area contributed by atoms with E-state index in [0.717, 1.165) is 54.2 Å². The molecule has 33 heavy (non-hydrogen) atoms. The number of aliphatic hydroxyl groups excluding tert-OH is 1. The Balaban J connectivity index is 1.30. The zero-order valence-electron chi connectivity index (χ0n) is 18.9. The highest BCUT2D eigenvalue weighted by atomic mass is 32.2. The van der Waals surface area contributed by atoms with Crippen LogP contribution in [0.1, 0.15) is 31.0 Å². The molecular weight excluding hydrogens is 439 g/mol. The summed E-state index contributed by atoms with van der Waals surface area (Å²) in [5, 5.41) is 11.7. The number of alkyl halides is 1. The van der Waals surface area contributed by atoms with Gasteiger partial charge in [0.05, 0.1) is 18.8 Å². The van der Waals surface area contributed by atoms with E-state index in [2.05, 4.69) is 19.9 Å². The molecule has 176 valence electrons. The quantitative estimate of drug-likeness (QED) is 0.436. The molecule has 1 N–H and O–H groups in total. The molecule has 3 atom stereocenters. The van der Waals surface area contributed by atoms with Crippen LogP contribution in [0.3, 0.4) is 0 Å². The van der Waals surface area contributed by atoms with Crippen LogP contribution in [-0.2, 0) is 0 Å². The Labute approximate surface area is 198 Å². The van der Waals surface area contributed by atoms with Crippen molar-refractivity contribution in [2.45, 2.75) is 30.5 Å². The van der Waals surface area contributed by atoms with Crippen LogP contribution in [0.15, 0.2) is 54.1 Å². The smallest absolute Gasteiger partial charge is 0.126 e. The molecule has 1 aliphatic rings. The van der Waals surface area contributed by atoms with Gasteiger partial charge in [-0.25, -0.2) is 9.37 Å². The summed E-state index contributed by atoms with van der Waals surface area (Å²) in [5.74, 6) is 2.16. The molecular formula is C25H31FN4O2S. The van der Waals surface area contributed by atoms with Crippen LogP contribution < -0.4 is 4.74 Å². The number of rotatable bonds is 10. The van der Waals surface area contributed by atoms with Gasteiger partial charge in [0.1, 0.15) is 16.9 Å². The highest BCUT2D eigenvalue weighted by Crippen LogP contribution is 2.35. The molecule has 0 unspecified atom stereocenters. The van der Waals surface area contributed by atoms with Gasteiger partial charge in [-0.1, -0.05) is 0 Å². The van der Waals surface area contributed by atoms with Crippen molar-refractivity contribution in [3.63, 3.8) is 0 Å². The number of aromatic nitrogens is 3. The van der Waals surface area contributed by atoms with E-state index in [1.807, 2.05) is 18.2 Å². The fourth-order valence-electron chi connectivity index (χ4n) is 4.65. The largest absolute Gasteiger partial charge is 0.497 e. The maximum atomic E-state index is 15.3. The zero-order valence-corrected chi connectivity index (χ0v) is 19.8. The molecule has 8 heteroatoms. The lowest BCUT2D eigenvalue weighted by Gasteiger charge is -2.38. The summed E-state index contributed by atoms with van der Waals surface area (Å²) in [4.78, 5) is 15.1. The van der Waals surface area contributed by atoms with Crippen LogP contribution in [0.2, 0.25) is 0 Å². The molecule has 4 rings (SSSR count). The first-order valence-corrected chi connectivity index (χ1v) is 12.4. The number of ether oxygens (including phenoxy) is 1. The fourth-order valence-corrected chi connectivity index (χ4v) is 5.48. The van der Waals surface area contributed by atoms with Gasteiger partial charge in [-0.3, -0.25) is 9.97 Å². The standard InChI is InChI=1S/C25H31FN4O2S/c1-32-20-3-5-24-22(14-20)21(6-8-28-24)23(26)4-2-18-7-11-30(16-19(18)17-31)12-13-33-25-15-27-9-10-29-25/h3,5-6,8-10,14-15,18-19,23,31H,2,4,7,11-13,16-17H2,1H3/t18-,19-,23-/m1/s1. The number of likely N-dealkylation sites (tertiary alicyclic amines) is 1. The number of piperidine rings is 1. The van der Waals surface area contributed by atoms with Gasteiger partial charge in [0, 0.05) is 49.4 Å². The van der Waals surface area contributed by atoms with Gasteiger partial charge in [0.2, 0.25) is 0 Å². The van der Waals surface area contributed by atoms with Crippen molar-refractivity contribution >= 4 is 22.7 Å². The number of pyridine rings is 1. The molecule has 1 saturated heterocycles. The van der Waals surface area contributed by atoms with Gasteiger partial charge in [-0.2, -0.15) is 0 Å². The summed E-state index contributed by atoms with van der Waals surface area (Å²) in [7, 11) is 1.61. The summed E-state index contributed by atoms with van der Waals surface area (Å²) < 4.78 is 20.6. The first kappa shape index (κ1) is 23.9. The number of thioether (sulfide) groups is 1. The Morgan fingerprint density at radius 1 is 1.21 bits per heavy atom. The second-order valence-electron chi connectivity index (χ2n) is 8.51. The number of benzene rings is 1. The molecule has 3 heterocycles. The predicted octanol–water partition coefficient (Wildman–Crippen LogP) is 4.55. The molecule has 1 fully saturated rings. The second-order valence-corrected chi connectivity index (χ2v) is 9.63. The summed E-state index contributed by atoms with van der Waals surface area (Å²) in [6, 6.07) is 7.34. The van der Waals surface area contributed by atoms with Crippen molar-refractivity contribution in [2.75, 3.05) is 39.1 Å². The molecule has 1 aliphatic heterocycles. The van der Waals surface area contributed by atoms with E-state index in [-0.39, 0.29) is 12.5 Å². The van der Waals surface area contributed by atoms with Crippen molar-refractivity contribution in [3.8, 4) is 5.75 Å². The van der Waals surface area contributed by atoms with Gasteiger partial charge in [0.15, 0.2) is 0 Å². The third kappa shape index (κ3) is 6.19. The van der Waals surface area contributed by atoms with Gasteiger partial charge in [0.25, 0.3) is 0 Å². The van der Waals surface area contributed by atoms with E-state index < -0.39 is 6.17 Å². The van der Waals surface area contributed by atoms with E-state index in [1.54, 1.807) is 49.7 Å². The van der Waals surface area contributed by atoms with Crippen LogP contribution in [0, 0.1) is 11.8 Å². The average molecular weight is 471 g/mol. The van der Waals surface area contributed by atoms with Crippen LogP contribution in [0.4, 0.5) is 4.39 Å².